The van der Waals surface area contributed by atoms with E-state index >= 15 is 0 Å². The second kappa shape index (κ2) is 4.32. The highest BCUT2D eigenvalue weighted by Gasteiger charge is 2.14. The average Bonchev–Trinajstić information content (AvgIpc) is 2.77. The molecule has 0 bridgehead atoms. The van der Waals surface area contributed by atoms with E-state index in [1.807, 2.05) is 0 Å². The Labute approximate surface area is 102 Å². The molecular weight excluding hydrogens is 234 g/mol. The van der Waals surface area contributed by atoms with Crippen molar-refractivity contribution in [3.05, 3.63) is 16.0 Å². The van der Waals surface area contributed by atoms with E-state index in [1.165, 1.54) is 6.42 Å². The lowest BCUT2D eigenvalue weighted by Crippen LogP contribution is -2.22. The van der Waals surface area contributed by atoms with Gasteiger partial charge >= 0.3 is 5.56 Å². The lowest BCUT2D eigenvalue weighted by Gasteiger charge is -2.11. The Morgan fingerprint density at radius 2 is 2.06 bits per heavy atom. The van der Waals surface area contributed by atoms with Crippen LogP contribution < -0.4 is 5.56 Å². The highest BCUT2D eigenvalue weighted by atomic mass is 16.5. The fourth-order valence-electron chi connectivity index (χ4n) is 2.16. The molecule has 7 nitrogen and oxygen atoms in total. The average molecular weight is 247 g/mol. The molecule has 0 aliphatic heterocycles. The Bertz CT molecular complexity index is 662. The molecule has 94 valence electrons. The zero-order chi connectivity index (χ0) is 12.5. The van der Waals surface area contributed by atoms with E-state index in [4.69, 9.17) is 4.52 Å². The summed E-state index contributed by atoms with van der Waals surface area (Å²) in [6.45, 7) is 1.70. The summed E-state index contributed by atoms with van der Waals surface area (Å²) in [5, 5.41) is 15.9. The molecule has 3 rings (SSSR count). The maximum Gasteiger partial charge on any atom is 0.304 e. The fourth-order valence-corrected chi connectivity index (χ4v) is 2.16. The minimum Gasteiger partial charge on any atom is -0.334 e. The van der Waals surface area contributed by atoms with E-state index in [9.17, 15) is 4.79 Å². The highest BCUT2D eigenvalue weighted by Crippen LogP contribution is 2.15. The molecule has 0 amide bonds. The van der Waals surface area contributed by atoms with E-state index in [-0.39, 0.29) is 11.3 Å². The number of nitrogens with zero attached hydrogens (tertiary/aromatic N) is 5. The van der Waals surface area contributed by atoms with Gasteiger partial charge in [-0.25, -0.2) is 0 Å². The predicted molar refractivity (Wildman–Crippen MR) is 64.5 cm³/mol. The van der Waals surface area contributed by atoms with Gasteiger partial charge in [-0.3, -0.25) is 4.79 Å². The second-order valence-electron chi connectivity index (χ2n) is 4.46. The quantitative estimate of drug-likeness (QED) is 0.757. The summed E-state index contributed by atoms with van der Waals surface area (Å²) in [4.78, 5) is 13.2. The first-order valence-corrected chi connectivity index (χ1v) is 6.04. The van der Waals surface area contributed by atoms with Crippen LogP contribution in [0.25, 0.3) is 11.1 Å². The van der Waals surface area contributed by atoms with Gasteiger partial charge in [0.15, 0.2) is 0 Å². The molecule has 1 saturated carbocycles. The van der Waals surface area contributed by atoms with Crippen LogP contribution in [0.3, 0.4) is 0 Å². The van der Waals surface area contributed by atoms with Crippen LogP contribution in [0.1, 0.15) is 37.8 Å². The Morgan fingerprint density at radius 3 is 2.83 bits per heavy atom. The molecule has 1 fully saturated rings. The number of hydrogen-bond acceptors (Lipinski definition) is 6. The van der Waals surface area contributed by atoms with Gasteiger partial charge in [-0.2, -0.15) is 5.10 Å². The molecule has 2 aromatic rings. The molecule has 7 heteroatoms. The summed E-state index contributed by atoms with van der Waals surface area (Å²) < 4.78 is 4.89. The molecule has 0 spiro atoms. The predicted octanol–water partition coefficient (Wildman–Crippen LogP) is 1.26. The van der Waals surface area contributed by atoms with Crippen LogP contribution in [0.5, 0.6) is 0 Å². The third kappa shape index (κ3) is 1.81. The van der Waals surface area contributed by atoms with Gasteiger partial charge in [-0.1, -0.05) is 21.5 Å². The maximum absolute atomic E-state index is 12.1. The largest absolute Gasteiger partial charge is 0.334 e. The second-order valence-corrected chi connectivity index (χ2v) is 4.46. The molecule has 1 aliphatic rings. The van der Waals surface area contributed by atoms with Crippen molar-refractivity contribution >= 4 is 16.8 Å². The van der Waals surface area contributed by atoms with Gasteiger partial charge in [0.1, 0.15) is 5.39 Å². The molecule has 0 aromatic carbocycles. The van der Waals surface area contributed by atoms with Crippen molar-refractivity contribution in [2.45, 2.75) is 39.0 Å². The SMILES string of the molecule is Cc1noc2nnn(N=C3CCCCC3)c(=O)c12. The monoisotopic (exact) mass is 247 g/mol. The molecular formula is C11H13N5O2. The Kier molecular flexibility index (Phi) is 2.66. The van der Waals surface area contributed by atoms with Crippen molar-refractivity contribution in [1.29, 1.82) is 0 Å². The lowest BCUT2D eigenvalue weighted by atomic mass is 9.99. The Morgan fingerprint density at radius 1 is 1.28 bits per heavy atom. The van der Waals surface area contributed by atoms with Crippen molar-refractivity contribution in [1.82, 2.24) is 20.3 Å². The first-order valence-electron chi connectivity index (χ1n) is 6.04. The molecule has 2 aromatic heterocycles. The van der Waals surface area contributed by atoms with Gasteiger partial charge in [0.05, 0.1) is 5.69 Å². The fraction of sp³-hybridized carbons (Fsp3) is 0.545. The smallest absolute Gasteiger partial charge is 0.304 e. The summed E-state index contributed by atoms with van der Waals surface area (Å²) in [7, 11) is 0. The molecule has 2 heterocycles. The third-order valence-electron chi connectivity index (χ3n) is 3.13. The number of aromatic nitrogens is 4. The van der Waals surface area contributed by atoms with Crippen LogP contribution in [0.4, 0.5) is 0 Å². The van der Waals surface area contributed by atoms with E-state index in [2.05, 4.69) is 20.6 Å². The molecule has 0 radical (unpaired) electrons. The molecule has 0 atom stereocenters. The van der Waals surface area contributed by atoms with Crippen molar-refractivity contribution in [3.8, 4) is 0 Å². The van der Waals surface area contributed by atoms with E-state index in [0.29, 0.717) is 11.1 Å². The van der Waals surface area contributed by atoms with Gasteiger partial charge in [-0.05, 0) is 37.8 Å². The number of aryl methyl sites for hydroxylation is 1. The minimum atomic E-state index is -0.322. The van der Waals surface area contributed by atoms with Crippen LogP contribution in [0.2, 0.25) is 0 Å². The normalized spacial score (nSPS) is 16.2. The maximum atomic E-state index is 12.1. The van der Waals surface area contributed by atoms with Crippen LogP contribution in [-0.2, 0) is 0 Å². The summed E-state index contributed by atoms with van der Waals surface area (Å²) in [5.41, 5.74) is 1.36. The van der Waals surface area contributed by atoms with E-state index in [1.54, 1.807) is 6.92 Å². The third-order valence-corrected chi connectivity index (χ3v) is 3.13. The summed E-state index contributed by atoms with van der Waals surface area (Å²) in [5.74, 6) is 0. The van der Waals surface area contributed by atoms with E-state index in [0.717, 1.165) is 36.2 Å². The zero-order valence-electron chi connectivity index (χ0n) is 10.1. The van der Waals surface area contributed by atoms with Crippen molar-refractivity contribution in [3.63, 3.8) is 0 Å². The standard InChI is InChI=1S/C11H13N5O2/c1-7-9-10(18-14-7)12-15-16(11(9)17)13-8-5-3-2-4-6-8/h2-6H2,1H3. The van der Waals surface area contributed by atoms with Gasteiger partial charge in [0.25, 0.3) is 5.71 Å². The van der Waals surface area contributed by atoms with Gasteiger partial charge in [-0.15, -0.1) is 0 Å². The number of hydrogen-bond donors (Lipinski definition) is 0. The highest BCUT2D eigenvalue weighted by molar-refractivity contribution is 5.85. The first kappa shape index (κ1) is 11.1. The zero-order valence-corrected chi connectivity index (χ0v) is 10.1. The Hall–Kier alpha value is -2.05. The van der Waals surface area contributed by atoms with Crippen LogP contribution in [0, 0.1) is 6.92 Å². The minimum absolute atomic E-state index is 0.164. The molecule has 1 aliphatic carbocycles. The van der Waals surface area contributed by atoms with Crippen LogP contribution >= 0.6 is 0 Å². The molecule has 0 unspecified atom stereocenters. The van der Waals surface area contributed by atoms with Crippen LogP contribution in [-0.4, -0.2) is 26.0 Å². The molecule has 0 saturated heterocycles. The summed E-state index contributed by atoms with van der Waals surface area (Å²) in [6, 6.07) is 0. The van der Waals surface area contributed by atoms with E-state index < -0.39 is 0 Å². The summed E-state index contributed by atoms with van der Waals surface area (Å²) >= 11 is 0. The van der Waals surface area contributed by atoms with Gasteiger partial charge in [0, 0.05) is 5.71 Å². The van der Waals surface area contributed by atoms with Crippen molar-refractivity contribution < 1.29 is 4.52 Å². The lowest BCUT2D eigenvalue weighted by molar-refractivity contribution is 0.435. The van der Waals surface area contributed by atoms with Crippen molar-refractivity contribution in [2.24, 2.45) is 5.10 Å². The van der Waals surface area contributed by atoms with Gasteiger partial charge in [0.2, 0.25) is 0 Å². The number of fused-ring (bicyclic) bond motifs is 1. The topological polar surface area (TPSA) is 86.2 Å². The first-order chi connectivity index (χ1) is 8.75. The van der Waals surface area contributed by atoms with Crippen molar-refractivity contribution in [2.75, 3.05) is 0 Å². The Balaban J connectivity index is 2.09. The van der Waals surface area contributed by atoms with Crippen LogP contribution in [0.15, 0.2) is 14.4 Å². The van der Waals surface area contributed by atoms with Gasteiger partial charge < -0.3 is 4.52 Å². The summed E-state index contributed by atoms with van der Waals surface area (Å²) in [6.07, 6.45) is 5.32. The molecule has 18 heavy (non-hydrogen) atoms. The molecule has 0 N–H and O–H groups in total. The number of rotatable bonds is 1.